The van der Waals surface area contributed by atoms with Crippen molar-refractivity contribution < 1.29 is 22.8 Å². The predicted octanol–water partition coefficient (Wildman–Crippen LogP) is 0.668. The Bertz CT molecular complexity index is 407. The lowest BCUT2D eigenvalue weighted by atomic mass is 10.1. The number of carbonyl (C=O) groups excluding carboxylic acids is 1. The third-order valence-corrected chi connectivity index (χ3v) is 3.19. The van der Waals surface area contributed by atoms with Crippen molar-refractivity contribution in [3.63, 3.8) is 0 Å². The molecule has 96 valence electrons. The van der Waals surface area contributed by atoms with E-state index in [9.17, 15) is 18.0 Å². The molecule has 2 atom stereocenters. The van der Waals surface area contributed by atoms with Gasteiger partial charge in [-0.2, -0.15) is 13.2 Å². The predicted molar refractivity (Wildman–Crippen MR) is 54.9 cm³/mol. The van der Waals surface area contributed by atoms with Gasteiger partial charge in [-0.1, -0.05) is 0 Å². The number of alkyl halides is 3. The highest BCUT2D eigenvalue weighted by Crippen LogP contribution is 2.33. The maximum Gasteiger partial charge on any atom is 0.418 e. The van der Waals surface area contributed by atoms with Gasteiger partial charge in [-0.25, -0.2) is 5.90 Å². The number of carbonyl (C=O) groups is 1. The zero-order chi connectivity index (χ0) is 13.2. The zero-order valence-electron chi connectivity index (χ0n) is 8.40. The fourth-order valence-electron chi connectivity index (χ4n) is 1.18. The number of hydrogen-bond donors (Lipinski definition) is 3. The highest BCUT2D eigenvalue weighted by Gasteiger charge is 2.45. The summed E-state index contributed by atoms with van der Waals surface area (Å²) in [6.45, 7) is 0. The molecule has 1 aromatic heterocycles. The van der Waals surface area contributed by atoms with Gasteiger partial charge in [-0.15, -0.1) is 11.3 Å². The standard InChI is InChI=1S/C8H10F3N3O2S/c9-8(10,11)6(16-14)5(12)3-1-2-4(17-3)7(13)15/h1-2,5-6H,12,14H2,(H2,13,15)/t5?,6-/m1/s1. The third kappa shape index (κ3) is 3.16. The largest absolute Gasteiger partial charge is 0.418 e. The molecule has 0 saturated heterocycles. The zero-order valence-corrected chi connectivity index (χ0v) is 9.22. The van der Waals surface area contributed by atoms with Gasteiger partial charge in [-0.3, -0.25) is 9.63 Å². The second kappa shape index (κ2) is 5.00. The van der Waals surface area contributed by atoms with E-state index < -0.39 is 24.2 Å². The molecule has 0 aliphatic carbocycles. The fraction of sp³-hybridized carbons (Fsp3) is 0.375. The van der Waals surface area contributed by atoms with Crippen LogP contribution in [0.1, 0.15) is 20.6 Å². The van der Waals surface area contributed by atoms with Crippen molar-refractivity contribution in [3.05, 3.63) is 21.9 Å². The van der Waals surface area contributed by atoms with E-state index in [0.29, 0.717) is 0 Å². The summed E-state index contributed by atoms with van der Waals surface area (Å²) < 4.78 is 37.3. The molecule has 5 nitrogen and oxygen atoms in total. The van der Waals surface area contributed by atoms with E-state index in [-0.39, 0.29) is 9.75 Å². The van der Waals surface area contributed by atoms with Crippen molar-refractivity contribution in [1.29, 1.82) is 0 Å². The van der Waals surface area contributed by atoms with E-state index in [4.69, 9.17) is 11.5 Å². The van der Waals surface area contributed by atoms with Crippen molar-refractivity contribution in [2.45, 2.75) is 18.3 Å². The third-order valence-electron chi connectivity index (χ3n) is 1.99. The van der Waals surface area contributed by atoms with E-state index in [0.717, 1.165) is 11.3 Å². The van der Waals surface area contributed by atoms with Gasteiger partial charge in [0, 0.05) is 4.88 Å². The number of halogens is 3. The molecule has 1 unspecified atom stereocenters. The molecule has 0 aliphatic heterocycles. The van der Waals surface area contributed by atoms with Crippen LogP contribution in [0, 0.1) is 0 Å². The second-order valence-electron chi connectivity index (χ2n) is 3.19. The summed E-state index contributed by atoms with van der Waals surface area (Å²) in [6, 6.07) is 1.08. The topological polar surface area (TPSA) is 104 Å². The lowest BCUT2D eigenvalue weighted by Gasteiger charge is -2.23. The van der Waals surface area contributed by atoms with Crippen molar-refractivity contribution in [3.8, 4) is 0 Å². The molecule has 0 fully saturated rings. The lowest BCUT2D eigenvalue weighted by Crippen LogP contribution is -2.42. The number of primary amides is 1. The molecule has 0 radical (unpaired) electrons. The molecular formula is C8H10F3N3O2S. The van der Waals surface area contributed by atoms with Crippen LogP contribution in [-0.4, -0.2) is 18.2 Å². The Morgan fingerprint density at radius 2 is 2.00 bits per heavy atom. The van der Waals surface area contributed by atoms with Gasteiger partial charge in [-0.05, 0) is 12.1 Å². The van der Waals surface area contributed by atoms with Crippen LogP contribution in [0.25, 0.3) is 0 Å². The summed E-state index contributed by atoms with van der Waals surface area (Å²) in [7, 11) is 0. The van der Waals surface area contributed by atoms with Crippen LogP contribution in [0.3, 0.4) is 0 Å². The lowest BCUT2D eigenvalue weighted by molar-refractivity contribution is -0.228. The number of rotatable bonds is 4. The monoisotopic (exact) mass is 269 g/mol. The molecule has 17 heavy (non-hydrogen) atoms. The maximum absolute atomic E-state index is 12.4. The molecular weight excluding hydrogens is 259 g/mol. The summed E-state index contributed by atoms with van der Waals surface area (Å²) in [6.07, 6.45) is -7.02. The Hall–Kier alpha value is -1.16. The molecule has 6 N–H and O–H groups in total. The summed E-state index contributed by atoms with van der Waals surface area (Å²) in [5.41, 5.74) is 10.4. The van der Waals surface area contributed by atoms with Crippen LogP contribution in [0.4, 0.5) is 13.2 Å². The van der Waals surface area contributed by atoms with Crippen molar-refractivity contribution in [2.75, 3.05) is 0 Å². The molecule has 0 spiro atoms. The smallest absolute Gasteiger partial charge is 0.365 e. The molecule has 0 aliphatic rings. The Balaban J connectivity index is 2.94. The highest BCUT2D eigenvalue weighted by molar-refractivity contribution is 7.14. The van der Waals surface area contributed by atoms with Crippen molar-refractivity contribution in [2.24, 2.45) is 17.4 Å². The Labute approximate surface area is 98.3 Å². The van der Waals surface area contributed by atoms with E-state index in [1.54, 1.807) is 0 Å². The Kier molecular flexibility index (Phi) is 4.09. The van der Waals surface area contributed by atoms with Crippen LogP contribution in [-0.2, 0) is 4.84 Å². The minimum atomic E-state index is -4.69. The molecule has 9 heteroatoms. The van der Waals surface area contributed by atoms with Crippen LogP contribution in [0.2, 0.25) is 0 Å². The molecule has 1 aromatic rings. The van der Waals surface area contributed by atoms with Gasteiger partial charge < -0.3 is 11.5 Å². The molecule has 0 saturated carbocycles. The fourth-order valence-corrected chi connectivity index (χ4v) is 2.07. The van der Waals surface area contributed by atoms with Crippen LogP contribution < -0.4 is 17.4 Å². The molecule has 0 aromatic carbocycles. The first-order chi connectivity index (χ1) is 7.77. The molecule has 1 amide bonds. The quantitative estimate of drug-likeness (QED) is 0.698. The average Bonchev–Trinajstić information content (AvgIpc) is 2.64. The number of thiophene rings is 1. The first-order valence-corrected chi connectivity index (χ1v) is 5.16. The van der Waals surface area contributed by atoms with E-state index in [2.05, 4.69) is 10.7 Å². The van der Waals surface area contributed by atoms with Crippen LogP contribution in [0.15, 0.2) is 12.1 Å². The number of hydrogen-bond acceptors (Lipinski definition) is 5. The van der Waals surface area contributed by atoms with Gasteiger partial charge in [0.2, 0.25) is 0 Å². The minimum absolute atomic E-state index is 0.117. The summed E-state index contributed by atoms with van der Waals surface area (Å²) in [5.74, 6) is 3.85. The van der Waals surface area contributed by atoms with Gasteiger partial charge in [0.05, 0.1) is 10.9 Å². The van der Waals surface area contributed by atoms with Crippen molar-refractivity contribution in [1.82, 2.24) is 0 Å². The number of amides is 1. The minimum Gasteiger partial charge on any atom is -0.365 e. The first kappa shape index (κ1) is 13.9. The van der Waals surface area contributed by atoms with E-state index in [1.807, 2.05) is 0 Å². The van der Waals surface area contributed by atoms with Crippen LogP contribution >= 0.6 is 11.3 Å². The molecule has 1 rings (SSSR count). The second-order valence-corrected chi connectivity index (χ2v) is 4.31. The summed E-state index contributed by atoms with van der Waals surface area (Å²) in [4.78, 5) is 14.9. The number of nitrogens with two attached hydrogens (primary N) is 3. The normalized spacial score (nSPS) is 15.6. The van der Waals surface area contributed by atoms with Crippen LogP contribution in [0.5, 0.6) is 0 Å². The van der Waals surface area contributed by atoms with Gasteiger partial charge in [0.15, 0.2) is 6.10 Å². The SMILES string of the molecule is NO[C@H](C(N)c1ccc(C(N)=O)s1)C(F)(F)F. The van der Waals surface area contributed by atoms with E-state index >= 15 is 0 Å². The summed E-state index contributed by atoms with van der Waals surface area (Å²) >= 11 is 0.774. The van der Waals surface area contributed by atoms with Gasteiger partial charge in [0.1, 0.15) is 0 Å². The highest BCUT2D eigenvalue weighted by atomic mass is 32.1. The molecule has 0 bridgehead atoms. The Morgan fingerprint density at radius 3 is 2.35 bits per heavy atom. The first-order valence-electron chi connectivity index (χ1n) is 4.34. The summed E-state index contributed by atoms with van der Waals surface area (Å²) in [5, 5.41) is 0. The maximum atomic E-state index is 12.4. The van der Waals surface area contributed by atoms with Gasteiger partial charge in [0.25, 0.3) is 5.91 Å². The van der Waals surface area contributed by atoms with Crippen molar-refractivity contribution >= 4 is 17.2 Å². The van der Waals surface area contributed by atoms with Gasteiger partial charge >= 0.3 is 6.18 Å². The molecule has 1 heterocycles. The Morgan fingerprint density at radius 1 is 1.41 bits per heavy atom. The van der Waals surface area contributed by atoms with E-state index in [1.165, 1.54) is 12.1 Å². The average molecular weight is 269 g/mol.